The third-order valence-electron chi connectivity index (χ3n) is 1.65. The summed E-state index contributed by atoms with van der Waals surface area (Å²) >= 11 is 0. The molecule has 64 valence electrons. The fourth-order valence-corrected chi connectivity index (χ4v) is 1.14. The van der Waals surface area contributed by atoms with Gasteiger partial charge in [0, 0.05) is 0 Å². The van der Waals surface area contributed by atoms with Crippen molar-refractivity contribution in [1.82, 2.24) is 0 Å². The molecule has 1 fully saturated rings. The number of rotatable bonds is 2. The molecule has 1 rings (SSSR count). The summed E-state index contributed by atoms with van der Waals surface area (Å²) in [5, 5.41) is 5.28. The van der Waals surface area contributed by atoms with Gasteiger partial charge in [0.05, 0.1) is 28.9 Å². The Kier molecular flexibility index (Phi) is 2.47. The van der Waals surface area contributed by atoms with Crippen LogP contribution in [0.25, 0.3) is 0 Å². The third kappa shape index (κ3) is 2.12. The normalized spacial score (nSPS) is 20.8. The van der Waals surface area contributed by atoms with Crippen LogP contribution in [0.2, 0.25) is 0 Å². The summed E-state index contributed by atoms with van der Waals surface area (Å²) in [5.41, 5.74) is 1.19. The molecule has 4 heteroatoms. The summed E-state index contributed by atoms with van der Waals surface area (Å²) in [6.07, 6.45) is 1.94. The van der Waals surface area contributed by atoms with Crippen LogP contribution in [0, 0.1) is 0 Å². The minimum Gasteiger partial charge on any atom is -0.373 e. The lowest BCUT2D eigenvalue weighted by Crippen LogP contribution is -2.32. The fourth-order valence-electron chi connectivity index (χ4n) is 0.853. The Bertz CT molecular complexity index is 204. The van der Waals surface area contributed by atoms with E-state index in [4.69, 9.17) is 9.88 Å². The summed E-state index contributed by atoms with van der Waals surface area (Å²) in [4.78, 5) is 0. The highest BCUT2D eigenvalue weighted by Crippen LogP contribution is 2.18. The highest BCUT2D eigenvalue weighted by molar-refractivity contribution is 7.84. The number of nitrogens with two attached hydrogens (primary N) is 1. The Labute approximate surface area is 69.2 Å². The second-order valence-corrected chi connectivity index (χ2v) is 4.84. The zero-order chi connectivity index (χ0) is 8.48. The minimum atomic E-state index is -1.30. The average molecular weight is 175 g/mol. The molecule has 0 spiro atoms. The molecule has 1 aliphatic rings. The van der Waals surface area contributed by atoms with Gasteiger partial charge in [-0.2, -0.15) is 0 Å². The van der Waals surface area contributed by atoms with E-state index in [1.807, 2.05) is 19.9 Å². The molecule has 1 atom stereocenters. The van der Waals surface area contributed by atoms with Crippen molar-refractivity contribution in [2.45, 2.75) is 18.6 Å². The lowest BCUT2D eigenvalue weighted by atomic mass is 10.1. The molecule has 0 radical (unpaired) electrons. The van der Waals surface area contributed by atoms with Crippen LogP contribution in [0.1, 0.15) is 13.8 Å². The summed E-state index contributed by atoms with van der Waals surface area (Å²) < 4.78 is 15.5. The molecule has 3 nitrogen and oxygen atoms in total. The first-order valence-corrected chi connectivity index (χ1v) is 4.68. The van der Waals surface area contributed by atoms with Crippen molar-refractivity contribution in [3.63, 3.8) is 0 Å². The Morgan fingerprint density at radius 2 is 2.18 bits per heavy atom. The maximum atomic E-state index is 10.9. The Morgan fingerprint density at radius 1 is 1.64 bits per heavy atom. The standard InChI is InChI=1S/C7H13NO2S/c1-7(2,11(8)9)3-6-4-10-5-6/h3H,4-5,8H2,1-2H3. The van der Waals surface area contributed by atoms with Crippen LogP contribution >= 0.6 is 0 Å². The van der Waals surface area contributed by atoms with Crippen molar-refractivity contribution < 1.29 is 8.95 Å². The highest BCUT2D eigenvalue weighted by atomic mass is 32.2. The van der Waals surface area contributed by atoms with Crippen molar-refractivity contribution in [3.05, 3.63) is 11.6 Å². The van der Waals surface area contributed by atoms with Crippen LogP contribution in [0.15, 0.2) is 11.6 Å². The quantitative estimate of drug-likeness (QED) is 0.615. The molecule has 0 amide bonds. The van der Waals surface area contributed by atoms with E-state index in [0.29, 0.717) is 13.2 Å². The molecule has 0 aromatic carbocycles. The van der Waals surface area contributed by atoms with Crippen molar-refractivity contribution in [2.24, 2.45) is 5.14 Å². The van der Waals surface area contributed by atoms with Gasteiger partial charge in [0.1, 0.15) is 0 Å². The zero-order valence-corrected chi connectivity index (χ0v) is 7.61. The first-order valence-electron chi connectivity index (χ1n) is 3.47. The maximum absolute atomic E-state index is 10.9. The predicted octanol–water partition coefficient (Wildman–Crippen LogP) is 0.344. The third-order valence-corrected chi connectivity index (χ3v) is 2.80. The van der Waals surface area contributed by atoms with Crippen LogP contribution in [-0.2, 0) is 15.7 Å². The summed E-state index contributed by atoms with van der Waals surface area (Å²) in [7, 11) is -1.30. The minimum absolute atomic E-state index is 0.418. The van der Waals surface area contributed by atoms with Gasteiger partial charge in [-0.1, -0.05) is 6.08 Å². The molecule has 0 aliphatic carbocycles. The van der Waals surface area contributed by atoms with Crippen LogP contribution in [0.4, 0.5) is 0 Å². The van der Waals surface area contributed by atoms with Gasteiger partial charge in [-0.25, -0.2) is 4.21 Å². The van der Waals surface area contributed by atoms with Crippen LogP contribution in [-0.4, -0.2) is 22.2 Å². The highest BCUT2D eigenvalue weighted by Gasteiger charge is 2.23. The second kappa shape index (κ2) is 3.05. The van der Waals surface area contributed by atoms with Crippen molar-refractivity contribution in [2.75, 3.05) is 13.2 Å². The molecule has 1 aliphatic heterocycles. The lowest BCUT2D eigenvalue weighted by Gasteiger charge is -2.23. The summed E-state index contributed by atoms with van der Waals surface area (Å²) in [5.74, 6) is 0. The van der Waals surface area contributed by atoms with Gasteiger partial charge in [0.25, 0.3) is 0 Å². The molecule has 1 heterocycles. The fraction of sp³-hybridized carbons (Fsp3) is 0.714. The van der Waals surface area contributed by atoms with Gasteiger partial charge in [-0.05, 0) is 19.4 Å². The van der Waals surface area contributed by atoms with Gasteiger partial charge in [-0.3, -0.25) is 5.14 Å². The molecule has 1 saturated heterocycles. The summed E-state index contributed by atoms with van der Waals surface area (Å²) in [6, 6.07) is 0. The van der Waals surface area contributed by atoms with Gasteiger partial charge in [-0.15, -0.1) is 0 Å². The first kappa shape index (κ1) is 8.90. The Morgan fingerprint density at radius 3 is 2.45 bits per heavy atom. The molecule has 1 unspecified atom stereocenters. The number of hydrogen-bond donors (Lipinski definition) is 1. The molecule has 0 aromatic rings. The van der Waals surface area contributed by atoms with E-state index < -0.39 is 15.7 Å². The number of hydrogen-bond acceptors (Lipinski definition) is 2. The van der Waals surface area contributed by atoms with Crippen molar-refractivity contribution in [1.29, 1.82) is 0 Å². The smallest absolute Gasteiger partial charge is 0.0984 e. The summed E-state index contributed by atoms with van der Waals surface area (Å²) in [6.45, 7) is 5.05. The van der Waals surface area contributed by atoms with E-state index in [9.17, 15) is 4.21 Å². The molecule has 11 heavy (non-hydrogen) atoms. The predicted molar refractivity (Wildman–Crippen MR) is 45.3 cm³/mol. The average Bonchev–Trinajstić information content (AvgIpc) is 1.79. The molecule has 0 bridgehead atoms. The lowest BCUT2D eigenvalue weighted by molar-refractivity contribution is 0.102. The number of ether oxygens (including phenoxy) is 1. The van der Waals surface area contributed by atoms with E-state index in [1.165, 1.54) is 5.57 Å². The molecule has 0 aromatic heterocycles. The van der Waals surface area contributed by atoms with E-state index in [1.54, 1.807) is 0 Å². The molecular weight excluding hydrogens is 162 g/mol. The largest absolute Gasteiger partial charge is 0.373 e. The SMILES string of the molecule is CC(C)(C=C1COC1)S(N)=O. The maximum Gasteiger partial charge on any atom is 0.0984 e. The van der Waals surface area contributed by atoms with E-state index in [0.717, 1.165) is 0 Å². The van der Waals surface area contributed by atoms with E-state index in [2.05, 4.69) is 0 Å². The second-order valence-electron chi connectivity index (χ2n) is 3.20. The Hall–Kier alpha value is -0.190. The molecule has 2 N–H and O–H groups in total. The van der Waals surface area contributed by atoms with E-state index >= 15 is 0 Å². The zero-order valence-electron chi connectivity index (χ0n) is 6.79. The van der Waals surface area contributed by atoms with Gasteiger partial charge < -0.3 is 4.74 Å². The van der Waals surface area contributed by atoms with E-state index in [-0.39, 0.29) is 0 Å². The first-order chi connectivity index (χ1) is 5.02. The molecular formula is C7H13NO2S. The van der Waals surface area contributed by atoms with Crippen LogP contribution < -0.4 is 5.14 Å². The van der Waals surface area contributed by atoms with Crippen LogP contribution in [0.3, 0.4) is 0 Å². The monoisotopic (exact) mass is 175 g/mol. The van der Waals surface area contributed by atoms with Crippen LogP contribution in [0.5, 0.6) is 0 Å². The van der Waals surface area contributed by atoms with Crippen molar-refractivity contribution in [3.8, 4) is 0 Å². The van der Waals surface area contributed by atoms with Gasteiger partial charge in [0.2, 0.25) is 0 Å². The van der Waals surface area contributed by atoms with Gasteiger partial charge in [0.15, 0.2) is 0 Å². The molecule has 0 saturated carbocycles. The topological polar surface area (TPSA) is 52.3 Å². The van der Waals surface area contributed by atoms with Gasteiger partial charge >= 0.3 is 0 Å². The Balaban J connectivity index is 2.65. The van der Waals surface area contributed by atoms with Crippen molar-refractivity contribution >= 4 is 11.0 Å².